The highest BCUT2D eigenvalue weighted by Gasteiger charge is 2.18. The maximum Gasteiger partial charge on any atom is 0.323 e. The number of carbonyl (C=O) groups is 1. The van der Waals surface area contributed by atoms with Gasteiger partial charge in [0.15, 0.2) is 11.5 Å². The number of aliphatic hydroxyl groups is 1. The van der Waals surface area contributed by atoms with E-state index in [-0.39, 0.29) is 6.03 Å². The second-order valence-electron chi connectivity index (χ2n) is 10.7. The number of amides is 2. The van der Waals surface area contributed by atoms with Crippen LogP contribution >= 0.6 is 0 Å². The maximum atomic E-state index is 12.2. The van der Waals surface area contributed by atoms with Crippen LogP contribution in [0.25, 0.3) is 10.9 Å². The Labute approximate surface area is 252 Å². The number of hydrogen-bond donors (Lipinski definition) is 4. The molecule has 1 aliphatic heterocycles. The van der Waals surface area contributed by atoms with Gasteiger partial charge in [-0.2, -0.15) is 0 Å². The van der Waals surface area contributed by atoms with Crippen LogP contribution in [0.15, 0.2) is 73.1 Å². The zero-order chi connectivity index (χ0) is 29.9. The maximum absolute atomic E-state index is 12.2. The van der Waals surface area contributed by atoms with Gasteiger partial charge in [-0.05, 0) is 80.6 Å². The first-order valence-electron chi connectivity index (χ1n) is 14.9. The van der Waals surface area contributed by atoms with Gasteiger partial charge in [-0.15, -0.1) is 0 Å². The third-order valence-electron chi connectivity index (χ3n) is 7.71. The van der Waals surface area contributed by atoms with E-state index in [2.05, 4.69) is 30.8 Å². The summed E-state index contributed by atoms with van der Waals surface area (Å²) in [6.07, 6.45) is 5.37. The molecule has 0 atom stereocenters. The second-order valence-corrected chi connectivity index (χ2v) is 10.7. The number of carbonyl (C=O) groups excluding carboxylic acids is 1. The molecule has 1 aromatic heterocycles. The molecule has 3 aromatic carbocycles. The molecule has 4 N–H and O–H groups in total. The molecule has 0 radical (unpaired) electrons. The van der Waals surface area contributed by atoms with Gasteiger partial charge in [0.1, 0.15) is 12.1 Å². The molecule has 0 unspecified atom stereocenters. The Bertz CT molecular complexity index is 1460. The van der Waals surface area contributed by atoms with E-state index in [0.29, 0.717) is 37.2 Å². The number of ether oxygens (including phenoxy) is 2. The Morgan fingerprint density at radius 1 is 0.977 bits per heavy atom. The van der Waals surface area contributed by atoms with Crippen molar-refractivity contribution in [2.24, 2.45) is 5.92 Å². The largest absolute Gasteiger partial charge is 0.493 e. The molecular formula is C33H40N6O4. The molecule has 0 bridgehead atoms. The van der Waals surface area contributed by atoms with E-state index in [4.69, 9.17) is 9.47 Å². The van der Waals surface area contributed by atoms with Crippen molar-refractivity contribution in [1.29, 1.82) is 0 Å². The van der Waals surface area contributed by atoms with Gasteiger partial charge in [-0.3, -0.25) is 0 Å². The standard InChI is InChI=1S/C33H40N6O4/c1-42-30-20-28-29(21-31(30)43-19-5-16-39-17-13-25(22-40)14-18-39)35-23-36-32(28)34-15-12-24-8-10-27(11-9-24)38-33(41)37-26-6-3-2-4-7-26/h2-4,6-11,20-21,23,25,40H,5,12-19,22H2,1H3,(H,34,35,36)(H2,37,38,41). The lowest BCUT2D eigenvalue weighted by Crippen LogP contribution is -2.35. The highest BCUT2D eigenvalue weighted by Crippen LogP contribution is 2.34. The van der Waals surface area contributed by atoms with Gasteiger partial charge in [-0.25, -0.2) is 14.8 Å². The molecule has 0 aliphatic carbocycles. The third-order valence-corrected chi connectivity index (χ3v) is 7.71. The van der Waals surface area contributed by atoms with E-state index in [1.54, 1.807) is 13.4 Å². The lowest BCUT2D eigenvalue weighted by molar-refractivity contribution is 0.126. The fourth-order valence-corrected chi connectivity index (χ4v) is 5.24. The summed E-state index contributed by atoms with van der Waals surface area (Å²) in [7, 11) is 1.64. The molecule has 10 nitrogen and oxygen atoms in total. The van der Waals surface area contributed by atoms with Crippen LogP contribution in [-0.2, 0) is 6.42 Å². The Balaban J connectivity index is 1.11. The quantitative estimate of drug-likeness (QED) is 0.154. The number of aromatic nitrogens is 2. The van der Waals surface area contributed by atoms with Gasteiger partial charge >= 0.3 is 6.03 Å². The number of rotatable bonds is 13. The molecule has 1 aliphatic rings. The van der Waals surface area contributed by atoms with E-state index in [1.807, 2.05) is 66.7 Å². The summed E-state index contributed by atoms with van der Waals surface area (Å²) in [4.78, 5) is 23.6. The van der Waals surface area contributed by atoms with Gasteiger partial charge in [0.05, 0.1) is 19.2 Å². The van der Waals surface area contributed by atoms with Crippen LogP contribution in [0.5, 0.6) is 11.5 Å². The smallest absolute Gasteiger partial charge is 0.323 e. The minimum atomic E-state index is -0.282. The fourth-order valence-electron chi connectivity index (χ4n) is 5.24. The van der Waals surface area contributed by atoms with Gasteiger partial charge in [-0.1, -0.05) is 30.3 Å². The molecule has 43 heavy (non-hydrogen) atoms. The number of likely N-dealkylation sites (tertiary alicyclic amines) is 1. The lowest BCUT2D eigenvalue weighted by Gasteiger charge is -2.30. The summed E-state index contributed by atoms with van der Waals surface area (Å²) in [6, 6.07) is 20.7. The summed E-state index contributed by atoms with van der Waals surface area (Å²) in [5.41, 5.74) is 3.37. The van der Waals surface area contributed by atoms with Crippen molar-refractivity contribution < 1.29 is 19.4 Å². The zero-order valence-electron chi connectivity index (χ0n) is 24.6. The average Bonchev–Trinajstić information content (AvgIpc) is 3.04. The number of nitrogens with zero attached hydrogens (tertiary/aromatic N) is 3. The van der Waals surface area contributed by atoms with Crippen molar-refractivity contribution in [2.45, 2.75) is 25.7 Å². The Morgan fingerprint density at radius 2 is 1.72 bits per heavy atom. The van der Waals surface area contributed by atoms with Crippen molar-refractivity contribution in [3.05, 3.63) is 78.6 Å². The van der Waals surface area contributed by atoms with Crippen molar-refractivity contribution >= 4 is 34.1 Å². The fraction of sp³-hybridized carbons (Fsp3) is 0.364. The first-order chi connectivity index (χ1) is 21.1. The topological polar surface area (TPSA) is 121 Å². The van der Waals surface area contributed by atoms with E-state index >= 15 is 0 Å². The molecule has 4 aromatic rings. The van der Waals surface area contributed by atoms with Crippen LogP contribution < -0.4 is 25.4 Å². The summed E-state index contributed by atoms with van der Waals surface area (Å²) in [6.45, 7) is 4.60. The number of piperidine rings is 1. The number of para-hydroxylation sites is 1. The molecule has 0 saturated carbocycles. The molecule has 10 heteroatoms. The number of urea groups is 1. The van der Waals surface area contributed by atoms with E-state index in [0.717, 1.165) is 79.0 Å². The number of anilines is 3. The molecular weight excluding hydrogens is 544 g/mol. The SMILES string of the molecule is COc1cc2c(NCCc3ccc(NC(=O)Nc4ccccc4)cc3)ncnc2cc1OCCCN1CCC(CO)CC1. The van der Waals surface area contributed by atoms with Gasteiger partial charge in [0, 0.05) is 42.5 Å². The average molecular weight is 585 g/mol. The summed E-state index contributed by atoms with van der Waals surface area (Å²) >= 11 is 0. The number of methoxy groups -OCH3 is 1. The van der Waals surface area contributed by atoms with Gasteiger partial charge in [0.2, 0.25) is 0 Å². The van der Waals surface area contributed by atoms with Crippen LogP contribution in [0.4, 0.5) is 22.0 Å². The minimum Gasteiger partial charge on any atom is -0.493 e. The number of fused-ring (bicyclic) bond motifs is 1. The van der Waals surface area contributed by atoms with Crippen LogP contribution in [-0.4, -0.2) is 72.5 Å². The molecule has 5 rings (SSSR count). The minimum absolute atomic E-state index is 0.282. The predicted octanol–water partition coefficient (Wildman–Crippen LogP) is 5.41. The number of hydrogen-bond acceptors (Lipinski definition) is 8. The van der Waals surface area contributed by atoms with E-state index in [1.165, 1.54) is 0 Å². The normalized spacial score (nSPS) is 13.9. The van der Waals surface area contributed by atoms with Crippen LogP contribution in [0, 0.1) is 5.92 Å². The first-order valence-corrected chi connectivity index (χ1v) is 14.9. The van der Waals surface area contributed by atoms with Crippen molar-refractivity contribution in [3.8, 4) is 11.5 Å². The van der Waals surface area contributed by atoms with Crippen molar-refractivity contribution in [1.82, 2.24) is 14.9 Å². The first kappa shape index (κ1) is 30.1. The Morgan fingerprint density at radius 3 is 2.44 bits per heavy atom. The third kappa shape index (κ3) is 8.56. The monoisotopic (exact) mass is 584 g/mol. The lowest BCUT2D eigenvalue weighted by atomic mass is 9.98. The summed E-state index contributed by atoms with van der Waals surface area (Å²) in [5.74, 6) is 2.50. The molecule has 2 amide bonds. The highest BCUT2D eigenvalue weighted by molar-refractivity contribution is 5.99. The summed E-state index contributed by atoms with van der Waals surface area (Å²) in [5, 5.41) is 19.3. The van der Waals surface area contributed by atoms with Crippen LogP contribution in [0.1, 0.15) is 24.8 Å². The molecule has 0 spiro atoms. The zero-order valence-corrected chi connectivity index (χ0v) is 24.6. The van der Waals surface area contributed by atoms with Crippen LogP contribution in [0.2, 0.25) is 0 Å². The van der Waals surface area contributed by atoms with Gasteiger partial charge < -0.3 is 35.4 Å². The highest BCUT2D eigenvalue weighted by atomic mass is 16.5. The summed E-state index contributed by atoms with van der Waals surface area (Å²) < 4.78 is 11.8. The van der Waals surface area contributed by atoms with E-state index in [9.17, 15) is 9.90 Å². The Kier molecular flexibility index (Phi) is 10.6. The molecule has 2 heterocycles. The van der Waals surface area contributed by atoms with Crippen LogP contribution in [0.3, 0.4) is 0 Å². The number of benzene rings is 3. The van der Waals surface area contributed by atoms with Gasteiger partial charge in [0.25, 0.3) is 0 Å². The molecule has 226 valence electrons. The second kappa shape index (κ2) is 15.2. The number of aliphatic hydroxyl groups excluding tert-OH is 1. The van der Waals surface area contributed by atoms with Crippen molar-refractivity contribution in [2.75, 3.05) is 62.5 Å². The van der Waals surface area contributed by atoms with Crippen molar-refractivity contribution in [3.63, 3.8) is 0 Å². The Hall–Kier alpha value is -4.41. The van der Waals surface area contributed by atoms with E-state index < -0.39 is 0 Å². The predicted molar refractivity (Wildman–Crippen MR) is 170 cm³/mol. The molecule has 1 saturated heterocycles. The molecule has 1 fully saturated rings. The number of nitrogens with one attached hydrogen (secondary N) is 3.